The maximum Gasteiger partial charge on any atom is 0.482 e. The van der Waals surface area contributed by atoms with Gasteiger partial charge in [-0.2, -0.15) is 0 Å². The molecule has 99 valence electrons. The van der Waals surface area contributed by atoms with Crippen molar-refractivity contribution in [2.45, 2.75) is 26.2 Å². The maximum atomic E-state index is 7.00. The van der Waals surface area contributed by atoms with Gasteiger partial charge in [0, 0.05) is 0 Å². The largest absolute Gasteiger partial charge is 0.482 e. The summed E-state index contributed by atoms with van der Waals surface area (Å²) in [5, 5.41) is 14.0. The van der Waals surface area contributed by atoms with Crippen LogP contribution in [0.4, 0.5) is 0 Å². The molecule has 0 amide bonds. The van der Waals surface area contributed by atoms with E-state index in [4.69, 9.17) is 10.0 Å². The van der Waals surface area contributed by atoms with Crippen molar-refractivity contribution in [1.82, 2.24) is 0 Å². The Kier molecular flexibility index (Phi) is 7.63. The SMILES string of the molecule is CCCCc1ccc(-c2ccccc2)cc1.O[B]O. The molecule has 0 aliphatic heterocycles. The second-order valence-corrected chi connectivity index (χ2v) is 4.28. The van der Waals surface area contributed by atoms with Gasteiger partial charge in [-0.3, -0.25) is 0 Å². The van der Waals surface area contributed by atoms with Crippen molar-refractivity contribution in [3.05, 3.63) is 60.2 Å². The molecule has 19 heavy (non-hydrogen) atoms. The summed E-state index contributed by atoms with van der Waals surface area (Å²) in [7, 11) is 0. The van der Waals surface area contributed by atoms with Gasteiger partial charge >= 0.3 is 7.69 Å². The third kappa shape index (κ3) is 5.73. The zero-order chi connectivity index (χ0) is 13.9. The molecule has 2 rings (SSSR count). The fourth-order valence-electron chi connectivity index (χ4n) is 1.88. The molecular weight excluding hydrogens is 235 g/mol. The number of rotatable bonds is 4. The molecule has 3 heteroatoms. The van der Waals surface area contributed by atoms with Crippen LogP contribution in [0.3, 0.4) is 0 Å². The maximum absolute atomic E-state index is 7.00. The molecule has 0 fully saturated rings. The Labute approximate surface area is 116 Å². The molecule has 0 aromatic heterocycles. The van der Waals surface area contributed by atoms with Crippen LogP contribution in [-0.4, -0.2) is 17.7 Å². The van der Waals surface area contributed by atoms with Crippen molar-refractivity contribution < 1.29 is 10.0 Å². The number of hydrogen-bond acceptors (Lipinski definition) is 2. The summed E-state index contributed by atoms with van der Waals surface area (Å²) in [4.78, 5) is 0. The van der Waals surface area contributed by atoms with E-state index < -0.39 is 0 Å². The number of aryl methyl sites for hydroxylation is 1. The van der Waals surface area contributed by atoms with Gasteiger partial charge in [-0.1, -0.05) is 67.9 Å². The highest BCUT2D eigenvalue weighted by Crippen LogP contribution is 2.19. The lowest BCUT2D eigenvalue weighted by atomic mass is 10.0. The van der Waals surface area contributed by atoms with Crippen LogP contribution in [0.2, 0.25) is 0 Å². The Morgan fingerprint density at radius 3 is 1.89 bits per heavy atom. The molecule has 1 radical (unpaired) electrons. The molecule has 2 nitrogen and oxygen atoms in total. The minimum atomic E-state index is 0. The first kappa shape index (κ1) is 15.5. The van der Waals surface area contributed by atoms with E-state index in [2.05, 4.69) is 61.5 Å². The van der Waals surface area contributed by atoms with Crippen molar-refractivity contribution in [3.8, 4) is 11.1 Å². The highest BCUT2D eigenvalue weighted by molar-refractivity contribution is 6.13. The minimum Gasteiger partial charge on any atom is -0.429 e. The van der Waals surface area contributed by atoms with Gasteiger partial charge in [0.05, 0.1) is 0 Å². The van der Waals surface area contributed by atoms with Crippen LogP contribution >= 0.6 is 0 Å². The molecule has 0 saturated carbocycles. The van der Waals surface area contributed by atoms with E-state index in [1.54, 1.807) is 0 Å². The van der Waals surface area contributed by atoms with E-state index in [-0.39, 0.29) is 7.69 Å². The first-order valence-corrected chi connectivity index (χ1v) is 6.56. The van der Waals surface area contributed by atoms with Crippen LogP contribution in [0.15, 0.2) is 54.6 Å². The molecule has 0 bridgehead atoms. The molecule has 2 aromatic rings. The van der Waals surface area contributed by atoms with Crippen molar-refractivity contribution >= 4 is 7.69 Å². The summed E-state index contributed by atoms with van der Waals surface area (Å²) in [6, 6.07) is 19.5. The van der Waals surface area contributed by atoms with E-state index in [0.717, 1.165) is 0 Å². The third-order valence-corrected chi connectivity index (χ3v) is 2.88. The van der Waals surface area contributed by atoms with Crippen LogP contribution in [-0.2, 0) is 6.42 Å². The highest BCUT2D eigenvalue weighted by atomic mass is 16.4. The molecule has 0 saturated heterocycles. The molecular formula is C16H20BO2. The summed E-state index contributed by atoms with van der Waals surface area (Å²) in [6.45, 7) is 2.23. The fraction of sp³-hybridized carbons (Fsp3) is 0.250. The van der Waals surface area contributed by atoms with Crippen molar-refractivity contribution in [2.24, 2.45) is 0 Å². The van der Waals surface area contributed by atoms with Crippen LogP contribution in [0.1, 0.15) is 25.3 Å². The van der Waals surface area contributed by atoms with Gasteiger partial charge in [-0.25, -0.2) is 0 Å². The summed E-state index contributed by atoms with van der Waals surface area (Å²) in [5.74, 6) is 0. The highest BCUT2D eigenvalue weighted by Gasteiger charge is 1.96. The lowest BCUT2D eigenvalue weighted by Crippen LogP contribution is -1.84. The Balaban J connectivity index is 0.000000550. The number of benzene rings is 2. The Morgan fingerprint density at radius 2 is 1.37 bits per heavy atom. The predicted molar refractivity (Wildman–Crippen MR) is 80.7 cm³/mol. The molecule has 0 spiro atoms. The predicted octanol–water partition coefficient (Wildman–Crippen LogP) is 3.20. The molecule has 0 unspecified atom stereocenters. The average Bonchev–Trinajstić information content (AvgIpc) is 2.47. The molecule has 0 aliphatic rings. The fourth-order valence-corrected chi connectivity index (χ4v) is 1.88. The van der Waals surface area contributed by atoms with Gasteiger partial charge in [0.25, 0.3) is 0 Å². The quantitative estimate of drug-likeness (QED) is 0.823. The van der Waals surface area contributed by atoms with Gasteiger partial charge in [0.2, 0.25) is 0 Å². The number of unbranched alkanes of at least 4 members (excludes halogenated alkanes) is 1. The van der Waals surface area contributed by atoms with Crippen molar-refractivity contribution in [1.29, 1.82) is 0 Å². The smallest absolute Gasteiger partial charge is 0.429 e. The van der Waals surface area contributed by atoms with E-state index in [1.165, 1.54) is 36.0 Å². The average molecular weight is 255 g/mol. The van der Waals surface area contributed by atoms with Gasteiger partial charge in [-0.05, 0) is 29.5 Å². The molecule has 0 aliphatic carbocycles. The van der Waals surface area contributed by atoms with Crippen LogP contribution in [0, 0.1) is 0 Å². The summed E-state index contributed by atoms with van der Waals surface area (Å²) in [6.07, 6.45) is 3.75. The zero-order valence-electron chi connectivity index (χ0n) is 11.3. The van der Waals surface area contributed by atoms with E-state index in [0.29, 0.717) is 0 Å². The molecule has 0 heterocycles. The number of hydrogen-bond donors (Lipinski definition) is 2. The van der Waals surface area contributed by atoms with Crippen molar-refractivity contribution in [2.75, 3.05) is 0 Å². The summed E-state index contributed by atoms with van der Waals surface area (Å²) >= 11 is 0. The van der Waals surface area contributed by atoms with E-state index in [1.807, 2.05) is 0 Å². The summed E-state index contributed by atoms with van der Waals surface area (Å²) < 4.78 is 0. The topological polar surface area (TPSA) is 40.5 Å². The minimum absolute atomic E-state index is 0. The first-order valence-electron chi connectivity index (χ1n) is 6.56. The van der Waals surface area contributed by atoms with Crippen molar-refractivity contribution in [3.63, 3.8) is 0 Å². The Bertz CT molecular complexity index is 440. The first-order chi connectivity index (χ1) is 9.31. The third-order valence-electron chi connectivity index (χ3n) is 2.88. The van der Waals surface area contributed by atoms with Gasteiger partial charge in [0.15, 0.2) is 0 Å². The standard InChI is InChI=1S/C16H18.BH2O2/c1-2-3-7-14-10-12-16(13-11-14)15-8-5-4-6-9-15;2-1-3/h4-6,8-13H,2-3,7H2,1H3;2-3H. The van der Waals surface area contributed by atoms with Crippen LogP contribution in [0.25, 0.3) is 11.1 Å². The Morgan fingerprint density at radius 1 is 0.842 bits per heavy atom. The van der Waals surface area contributed by atoms with Crippen LogP contribution in [0.5, 0.6) is 0 Å². The second-order valence-electron chi connectivity index (χ2n) is 4.28. The lowest BCUT2D eigenvalue weighted by molar-refractivity contribution is 0.448. The lowest BCUT2D eigenvalue weighted by Gasteiger charge is -2.03. The zero-order valence-corrected chi connectivity index (χ0v) is 11.3. The van der Waals surface area contributed by atoms with Crippen LogP contribution < -0.4 is 0 Å². The van der Waals surface area contributed by atoms with Gasteiger partial charge in [-0.15, -0.1) is 0 Å². The molecule has 2 N–H and O–H groups in total. The molecule has 2 aromatic carbocycles. The van der Waals surface area contributed by atoms with Gasteiger partial charge in [0.1, 0.15) is 0 Å². The normalized spacial score (nSPS) is 9.42. The molecule has 0 atom stereocenters. The Hall–Kier alpha value is -1.58. The second kappa shape index (κ2) is 9.37. The monoisotopic (exact) mass is 255 g/mol. The van der Waals surface area contributed by atoms with E-state index in [9.17, 15) is 0 Å². The van der Waals surface area contributed by atoms with E-state index >= 15 is 0 Å². The summed E-state index contributed by atoms with van der Waals surface area (Å²) in [5.41, 5.74) is 4.05. The van der Waals surface area contributed by atoms with Gasteiger partial charge < -0.3 is 10.0 Å².